The fourth-order valence-electron chi connectivity index (χ4n) is 2.07. The standard InChI is InChI=1S/C15H17NO5S/c1-10-8-12(15(17)18)9-14(11(10)2)22(19,20)16-6-5-13-4-3-7-21-13/h3-4,7-9,16H,5-6H2,1-2H3,(H,17,18). The van der Waals surface area contributed by atoms with Crippen molar-refractivity contribution < 1.29 is 22.7 Å². The first-order valence-corrected chi connectivity index (χ1v) is 8.16. The zero-order chi connectivity index (χ0) is 16.3. The summed E-state index contributed by atoms with van der Waals surface area (Å²) in [5.74, 6) is -0.481. The summed E-state index contributed by atoms with van der Waals surface area (Å²) in [5.41, 5.74) is 1.11. The molecular weight excluding hydrogens is 306 g/mol. The third-order valence-corrected chi connectivity index (χ3v) is 4.99. The van der Waals surface area contributed by atoms with Crippen molar-refractivity contribution in [1.82, 2.24) is 4.72 Å². The molecule has 0 fully saturated rings. The van der Waals surface area contributed by atoms with Crippen LogP contribution in [-0.4, -0.2) is 26.0 Å². The van der Waals surface area contributed by atoms with Crippen molar-refractivity contribution in [3.8, 4) is 0 Å². The van der Waals surface area contributed by atoms with Gasteiger partial charge in [0.1, 0.15) is 5.76 Å². The van der Waals surface area contributed by atoms with Crippen LogP contribution in [0.2, 0.25) is 0 Å². The summed E-state index contributed by atoms with van der Waals surface area (Å²) in [5, 5.41) is 9.06. The highest BCUT2D eigenvalue weighted by Crippen LogP contribution is 2.21. The van der Waals surface area contributed by atoms with Gasteiger partial charge in [-0.25, -0.2) is 17.9 Å². The zero-order valence-electron chi connectivity index (χ0n) is 12.3. The lowest BCUT2D eigenvalue weighted by atomic mass is 10.1. The molecule has 0 unspecified atom stereocenters. The number of aryl methyl sites for hydroxylation is 1. The molecule has 0 saturated heterocycles. The SMILES string of the molecule is Cc1cc(C(=O)O)cc(S(=O)(=O)NCCc2ccco2)c1C. The first-order valence-electron chi connectivity index (χ1n) is 6.68. The molecule has 2 N–H and O–H groups in total. The molecule has 0 aliphatic rings. The smallest absolute Gasteiger partial charge is 0.335 e. The van der Waals surface area contributed by atoms with Crippen LogP contribution < -0.4 is 4.72 Å². The zero-order valence-corrected chi connectivity index (χ0v) is 13.1. The number of furan rings is 1. The van der Waals surface area contributed by atoms with E-state index in [1.54, 1.807) is 26.0 Å². The van der Waals surface area contributed by atoms with Gasteiger partial charge in [-0.1, -0.05) is 0 Å². The normalized spacial score (nSPS) is 11.5. The third-order valence-electron chi connectivity index (χ3n) is 3.40. The molecule has 0 radical (unpaired) electrons. The lowest BCUT2D eigenvalue weighted by Gasteiger charge is -2.12. The first kappa shape index (κ1) is 16.3. The van der Waals surface area contributed by atoms with E-state index in [1.165, 1.54) is 18.4 Å². The van der Waals surface area contributed by atoms with E-state index in [0.29, 0.717) is 23.3 Å². The minimum Gasteiger partial charge on any atom is -0.478 e. The second kappa shape index (κ2) is 6.33. The van der Waals surface area contributed by atoms with E-state index >= 15 is 0 Å². The van der Waals surface area contributed by atoms with Gasteiger partial charge >= 0.3 is 5.97 Å². The second-order valence-corrected chi connectivity index (χ2v) is 6.68. The third kappa shape index (κ3) is 3.55. The molecule has 0 aliphatic heterocycles. The maximum absolute atomic E-state index is 12.4. The van der Waals surface area contributed by atoms with Crippen LogP contribution in [0.25, 0.3) is 0 Å². The van der Waals surface area contributed by atoms with Crippen LogP contribution in [0.5, 0.6) is 0 Å². The fourth-order valence-corrected chi connectivity index (χ4v) is 3.44. The Bertz CT molecular complexity index is 779. The molecule has 118 valence electrons. The number of hydrogen-bond acceptors (Lipinski definition) is 4. The van der Waals surface area contributed by atoms with Crippen molar-refractivity contribution in [3.63, 3.8) is 0 Å². The van der Waals surface area contributed by atoms with Gasteiger partial charge in [-0.2, -0.15) is 0 Å². The molecule has 2 aromatic rings. The minimum atomic E-state index is -3.78. The Morgan fingerprint density at radius 2 is 2.05 bits per heavy atom. The molecule has 0 spiro atoms. The Labute approximate surface area is 128 Å². The van der Waals surface area contributed by atoms with Gasteiger partial charge in [-0.15, -0.1) is 0 Å². The average molecular weight is 323 g/mol. The highest BCUT2D eigenvalue weighted by Gasteiger charge is 2.20. The van der Waals surface area contributed by atoms with Crippen molar-refractivity contribution in [1.29, 1.82) is 0 Å². The Balaban J connectivity index is 2.23. The van der Waals surface area contributed by atoms with Crippen LogP contribution in [0, 0.1) is 13.8 Å². The number of carboxylic acids is 1. The number of rotatable bonds is 6. The van der Waals surface area contributed by atoms with E-state index in [2.05, 4.69) is 4.72 Å². The van der Waals surface area contributed by atoms with Gasteiger partial charge in [0, 0.05) is 13.0 Å². The van der Waals surface area contributed by atoms with Gasteiger partial charge in [-0.3, -0.25) is 0 Å². The summed E-state index contributed by atoms with van der Waals surface area (Å²) in [6.07, 6.45) is 1.94. The molecule has 0 aliphatic carbocycles. The lowest BCUT2D eigenvalue weighted by molar-refractivity contribution is 0.0696. The maximum atomic E-state index is 12.4. The second-order valence-electron chi connectivity index (χ2n) is 4.95. The molecule has 7 heteroatoms. The summed E-state index contributed by atoms with van der Waals surface area (Å²) in [6, 6.07) is 6.13. The first-order chi connectivity index (χ1) is 10.3. The van der Waals surface area contributed by atoms with E-state index in [9.17, 15) is 13.2 Å². The largest absolute Gasteiger partial charge is 0.478 e. The van der Waals surface area contributed by atoms with Crippen molar-refractivity contribution in [3.05, 3.63) is 53.0 Å². The highest BCUT2D eigenvalue weighted by molar-refractivity contribution is 7.89. The molecule has 0 atom stereocenters. The molecule has 1 aromatic heterocycles. The van der Waals surface area contributed by atoms with Crippen LogP contribution in [-0.2, 0) is 16.4 Å². The van der Waals surface area contributed by atoms with Crippen LogP contribution in [0.1, 0.15) is 27.2 Å². The van der Waals surface area contributed by atoms with Gasteiger partial charge < -0.3 is 9.52 Å². The van der Waals surface area contributed by atoms with Gasteiger partial charge in [0.25, 0.3) is 0 Å². The predicted molar refractivity (Wildman–Crippen MR) is 80.5 cm³/mol. The molecule has 6 nitrogen and oxygen atoms in total. The number of hydrogen-bond donors (Lipinski definition) is 2. The van der Waals surface area contributed by atoms with Crippen LogP contribution in [0.3, 0.4) is 0 Å². The minimum absolute atomic E-state index is 0.00987. The van der Waals surface area contributed by atoms with E-state index in [1.807, 2.05) is 0 Å². The van der Waals surface area contributed by atoms with Gasteiger partial charge in [0.2, 0.25) is 10.0 Å². The summed E-state index contributed by atoms with van der Waals surface area (Å²) in [6.45, 7) is 3.51. The number of aromatic carboxylic acids is 1. The van der Waals surface area contributed by atoms with Gasteiger partial charge in [0.15, 0.2) is 0 Å². The number of carbonyl (C=O) groups is 1. The molecule has 0 saturated carbocycles. The van der Waals surface area contributed by atoms with Gasteiger partial charge in [-0.05, 0) is 49.2 Å². The van der Waals surface area contributed by atoms with Crippen LogP contribution >= 0.6 is 0 Å². The van der Waals surface area contributed by atoms with Crippen LogP contribution in [0.4, 0.5) is 0 Å². The summed E-state index contributed by atoms with van der Waals surface area (Å²) < 4.78 is 32.3. The van der Waals surface area contributed by atoms with Gasteiger partial charge in [0.05, 0.1) is 16.7 Å². The van der Waals surface area contributed by atoms with Crippen molar-refractivity contribution in [2.45, 2.75) is 25.2 Å². The summed E-state index contributed by atoms with van der Waals surface area (Å²) in [7, 11) is -3.78. The Morgan fingerprint density at radius 3 is 2.64 bits per heavy atom. The Morgan fingerprint density at radius 1 is 1.32 bits per heavy atom. The lowest BCUT2D eigenvalue weighted by Crippen LogP contribution is -2.27. The average Bonchev–Trinajstić information content (AvgIpc) is 2.94. The van der Waals surface area contributed by atoms with E-state index < -0.39 is 16.0 Å². The van der Waals surface area contributed by atoms with Crippen molar-refractivity contribution in [2.24, 2.45) is 0 Å². The van der Waals surface area contributed by atoms with Crippen LogP contribution in [0.15, 0.2) is 39.8 Å². The molecule has 1 aromatic carbocycles. The quantitative estimate of drug-likeness (QED) is 0.848. The molecule has 0 bridgehead atoms. The summed E-state index contributed by atoms with van der Waals surface area (Å²) in [4.78, 5) is 11.1. The van der Waals surface area contributed by atoms with Crippen molar-refractivity contribution in [2.75, 3.05) is 6.54 Å². The Hall–Kier alpha value is -2.12. The highest BCUT2D eigenvalue weighted by atomic mass is 32.2. The number of benzene rings is 1. The van der Waals surface area contributed by atoms with E-state index in [4.69, 9.17) is 9.52 Å². The number of nitrogens with one attached hydrogen (secondary N) is 1. The monoisotopic (exact) mass is 323 g/mol. The predicted octanol–water partition coefficient (Wildman–Crippen LogP) is 2.12. The molecular formula is C15H17NO5S. The Kier molecular flexibility index (Phi) is 4.68. The van der Waals surface area contributed by atoms with E-state index in [-0.39, 0.29) is 17.0 Å². The molecule has 22 heavy (non-hydrogen) atoms. The molecule has 1 heterocycles. The summed E-state index contributed by atoms with van der Waals surface area (Å²) >= 11 is 0. The fraction of sp³-hybridized carbons (Fsp3) is 0.267. The van der Waals surface area contributed by atoms with E-state index in [0.717, 1.165) is 0 Å². The molecule has 0 amide bonds. The number of carboxylic acid groups (broad SMARTS) is 1. The number of sulfonamides is 1. The topological polar surface area (TPSA) is 96.6 Å². The molecule has 2 rings (SSSR count). The maximum Gasteiger partial charge on any atom is 0.335 e. The van der Waals surface area contributed by atoms with Crippen molar-refractivity contribution >= 4 is 16.0 Å².